The van der Waals surface area contributed by atoms with E-state index in [1.807, 2.05) is 0 Å². The second kappa shape index (κ2) is 8.25. The number of carbonyl (C=O) groups is 2. The van der Waals surface area contributed by atoms with Crippen molar-refractivity contribution in [3.05, 3.63) is 45.3 Å². The Kier molecular flexibility index (Phi) is 5.80. The number of benzene rings is 1. The molecule has 1 aliphatic heterocycles. The van der Waals surface area contributed by atoms with E-state index >= 15 is 0 Å². The number of rotatable bonds is 6. The highest BCUT2D eigenvalue weighted by Crippen LogP contribution is 2.18. The van der Waals surface area contributed by atoms with Gasteiger partial charge in [-0.2, -0.15) is 0 Å². The number of para-hydroxylation sites is 1. The summed E-state index contributed by atoms with van der Waals surface area (Å²) in [5, 5.41) is 3.16. The molecular formula is C19H22N2O5. The van der Waals surface area contributed by atoms with Crippen LogP contribution in [0, 0.1) is 6.92 Å². The summed E-state index contributed by atoms with van der Waals surface area (Å²) in [6, 6.07) is 4.83. The number of hydrogen-bond donors (Lipinski definition) is 1. The van der Waals surface area contributed by atoms with Gasteiger partial charge in [-0.15, -0.1) is 0 Å². The zero-order chi connectivity index (χ0) is 18.5. The smallest absolute Gasteiger partial charge is 0.224 e. The molecule has 2 heterocycles. The zero-order valence-corrected chi connectivity index (χ0v) is 14.7. The number of carbonyl (C=O) groups excluding carboxylic acids is 2. The number of aldehydes is 1. The molecule has 7 nitrogen and oxygen atoms in total. The van der Waals surface area contributed by atoms with Crippen molar-refractivity contribution in [1.82, 2.24) is 10.2 Å². The standard InChI is InChI=1S/C19H22N2O5/c1-13-16(11-17(23)20-5-6-21-7-9-25-10-8-21)18(24)15-4-2-3-14(12-22)19(15)26-13/h2-4,12H,5-11H2,1H3,(H,20,23). The molecule has 0 saturated carbocycles. The Hall–Kier alpha value is -2.51. The number of hydrogen-bond acceptors (Lipinski definition) is 6. The first-order valence-corrected chi connectivity index (χ1v) is 8.67. The molecule has 0 bridgehead atoms. The predicted octanol–water partition coefficient (Wildman–Crippen LogP) is 0.905. The number of amides is 1. The third-order valence-corrected chi connectivity index (χ3v) is 4.56. The Balaban J connectivity index is 1.69. The zero-order valence-electron chi connectivity index (χ0n) is 14.7. The minimum atomic E-state index is -0.268. The third-order valence-electron chi connectivity index (χ3n) is 4.56. The minimum Gasteiger partial charge on any atom is -0.460 e. The summed E-state index contributed by atoms with van der Waals surface area (Å²) in [6.07, 6.45) is 0.612. The van der Waals surface area contributed by atoms with E-state index in [2.05, 4.69) is 10.2 Å². The summed E-state index contributed by atoms with van der Waals surface area (Å²) in [7, 11) is 0. The van der Waals surface area contributed by atoms with Gasteiger partial charge in [-0.1, -0.05) is 6.07 Å². The van der Waals surface area contributed by atoms with Crippen molar-refractivity contribution in [1.29, 1.82) is 0 Å². The topological polar surface area (TPSA) is 88.8 Å². The van der Waals surface area contributed by atoms with E-state index < -0.39 is 0 Å². The Morgan fingerprint density at radius 2 is 2.08 bits per heavy atom. The molecule has 1 aromatic carbocycles. The van der Waals surface area contributed by atoms with Gasteiger partial charge >= 0.3 is 0 Å². The van der Waals surface area contributed by atoms with Crippen LogP contribution in [-0.2, 0) is 16.0 Å². The normalized spacial score (nSPS) is 15.1. The first-order chi connectivity index (χ1) is 12.6. The van der Waals surface area contributed by atoms with Crippen LogP contribution in [-0.4, -0.2) is 56.5 Å². The summed E-state index contributed by atoms with van der Waals surface area (Å²) >= 11 is 0. The summed E-state index contributed by atoms with van der Waals surface area (Å²) in [6.45, 7) is 6.07. The van der Waals surface area contributed by atoms with Gasteiger partial charge in [-0.3, -0.25) is 19.3 Å². The molecule has 1 saturated heterocycles. The molecule has 0 unspecified atom stereocenters. The van der Waals surface area contributed by atoms with Gasteiger partial charge in [0, 0.05) is 31.7 Å². The quantitative estimate of drug-likeness (QED) is 0.772. The summed E-state index contributed by atoms with van der Waals surface area (Å²) in [5.74, 6) is 0.139. The van der Waals surface area contributed by atoms with E-state index in [9.17, 15) is 14.4 Å². The van der Waals surface area contributed by atoms with Crippen molar-refractivity contribution in [3.63, 3.8) is 0 Å². The summed E-state index contributed by atoms with van der Waals surface area (Å²) in [5.41, 5.74) is 0.644. The number of morpholine rings is 1. The number of nitrogens with one attached hydrogen (secondary N) is 1. The molecule has 1 N–H and O–H groups in total. The van der Waals surface area contributed by atoms with Crippen molar-refractivity contribution >= 4 is 23.2 Å². The lowest BCUT2D eigenvalue weighted by molar-refractivity contribution is -0.120. The van der Waals surface area contributed by atoms with Crippen molar-refractivity contribution < 1.29 is 18.7 Å². The minimum absolute atomic E-state index is 0.0431. The average Bonchev–Trinajstić information content (AvgIpc) is 2.65. The maximum absolute atomic E-state index is 12.7. The fourth-order valence-electron chi connectivity index (χ4n) is 3.08. The highest BCUT2D eigenvalue weighted by molar-refractivity contribution is 5.94. The molecule has 0 radical (unpaired) electrons. The van der Waals surface area contributed by atoms with Gasteiger partial charge in [0.2, 0.25) is 5.91 Å². The Labute approximate surface area is 150 Å². The lowest BCUT2D eigenvalue weighted by Gasteiger charge is -2.26. The van der Waals surface area contributed by atoms with Crippen LogP contribution < -0.4 is 10.7 Å². The molecule has 1 aliphatic rings. The van der Waals surface area contributed by atoms with E-state index in [-0.39, 0.29) is 23.3 Å². The van der Waals surface area contributed by atoms with Crippen LogP contribution in [0.4, 0.5) is 0 Å². The van der Waals surface area contributed by atoms with Gasteiger partial charge in [0.15, 0.2) is 11.7 Å². The average molecular weight is 358 g/mol. The highest BCUT2D eigenvalue weighted by atomic mass is 16.5. The molecule has 0 spiro atoms. The van der Waals surface area contributed by atoms with E-state index in [0.717, 1.165) is 19.6 Å². The lowest BCUT2D eigenvalue weighted by Crippen LogP contribution is -2.41. The molecule has 1 amide bonds. The number of aryl methyl sites for hydroxylation is 1. The highest BCUT2D eigenvalue weighted by Gasteiger charge is 2.17. The van der Waals surface area contributed by atoms with E-state index in [4.69, 9.17) is 9.15 Å². The largest absolute Gasteiger partial charge is 0.460 e. The second-order valence-corrected chi connectivity index (χ2v) is 6.29. The molecular weight excluding hydrogens is 336 g/mol. The van der Waals surface area contributed by atoms with Crippen LogP contribution in [0.3, 0.4) is 0 Å². The van der Waals surface area contributed by atoms with Crippen molar-refractivity contribution in [2.24, 2.45) is 0 Å². The maximum atomic E-state index is 12.7. The molecule has 3 rings (SSSR count). The summed E-state index contributed by atoms with van der Waals surface area (Å²) < 4.78 is 11.0. The molecule has 2 aromatic rings. The van der Waals surface area contributed by atoms with Crippen LogP contribution >= 0.6 is 0 Å². The van der Waals surface area contributed by atoms with Crippen molar-refractivity contribution in [2.75, 3.05) is 39.4 Å². The van der Waals surface area contributed by atoms with Gasteiger partial charge in [0.05, 0.1) is 30.6 Å². The van der Waals surface area contributed by atoms with Gasteiger partial charge in [0.25, 0.3) is 0 Å². The van der Waals surface area contributed by atoms with Crippen molar-refractivity contribution in [3.8, 4) is 0 Å². The summed E-state index contributed by atoms with van der Waals surface area (Å²) in [4.78, 5) is 38.3. The van der Waals surface area contributed by atoms with E-state index in [0.29, 0.717) is 48.3 Å². The van der Waals surface area contributed by atoms with Crippen LogP contribution in [0.2, 0.25) is 0 Å². The van der Waals surface area contributed by atoms with Crippen LogP contribution in [0.5, 0.6) is 0 Å². The number of nitrogens with zero attached hydrogens (tertiary/aromatic N) is 1. The molecule has 0 atom stereocenters. The lowest BCUT2D eigenvalue weighted by atomic mass is 10.1. The Morgan fingerprint density at radius 3 is 2.81 bits per heavy atom. The van der Waals surface area contributed by atoms with E-state index in [1.165, 1.54) is 0 Å². The second-order valence-electron chi connectivity index (χ2n) is 6.29. The van der Waals surface area contributed by atoms with Crippen LogP contribution in [0.15, 0.2) is 27.4 Å². The molecule has 1 fully saturated rings. The van der Waals surface area contributed by atoms with Gasteiger partial charge in [-0.25, -0.2) is 0 Å². The molecule has 7 heteroatoms. The first kappa shape index (κ1) is 18.3. The maximum Gasteiger partial charge on any atom is 0.224 e. The number of ether oxygens (including phenoxy) is 1. The molecule has 0 aliphatic carbocycles. The predicted molar refractivity (Wildman–Crippen MR) is 96.6 cm³/mol. The third kappa shape index (κ3) is 4.00. The first-order valence-electron chi connectivity index (χ1n) is 8.67. The Morgan fingerprint density at radius 1 is 1.31 bits per heavy atom. The SMILES string of the molecule is Cc1oc2c(C=O)cccc2c(=O)c1CC(=O)NCCN1CCOCC1. The van der Waals surface area contributed by atoms with Gasteiger partial charge in [0.1, 0.15) is 11.3 Å². The fourth-order valence-corrected chi connectivity index (χ4v) is 3.08. The van der Waals surface area contributed by atoms with E-state index in [1.54, 1.807) is 25.1 Å². The van der Waals surface area contributed by atoms with Gasteiger partial charge < -0.3 is 14.5 Å². The molecule has 1 aromatic heterocycles. The Bertz CT molecular complexity index is 868. The molecule has 26 heavy (non-hydrogen) atoms. The monoisotopic (exact) mass is 358 g/mol. The fraction of sp³-hybridized carbons (Fsp3) is 0.421. The van der Waals surface area contributed by atoms with Crippen molar-refractivity contribution in [2.45, 2.75) is 13.3 Å². The van der Waals surface area contributed by atoms with Crippen LogP contribution in [0.25, 0.3) is 11.0 Å². The number of fused-ring (bicyclic) bond motifs is 1. The molecule has 138 valence electrons. The van der Waals surface area contributed by atoms with Gasteiger partial charge in [-0.05, 0) is 19.1 Å². The van der Waals surface area contributed by atoms with Crippen LogP contribution in [0.1, 0.15) is 21.7 Å².